The molecule has 1 N–H and O–H groups in total. The Bertz CT molecular complexity index is 1720. The molecule has 0 saturated carbocycles. The average molecular weight is 600 g/mol. The lowest BCUT2D eigenvalue weighted by atomic mass is 9.90. The van der Waals surface area contributed by atoms with Crippen LogP contribution in [0.1, 0.15) is 50.6 Å². The molecule has 0 saturated heterocycles. The van der Waals surface area contributed by atoms with Crippen molar-refractivity contribution in [1.29, 1.82) is 0 Å². The maximum atomic E-state index is 13.1. The summed E-state index contributed by atoms with van der Waals surface area (Å²) in [6, 6.07) is 13.3. The van der Waals surface area contributed by atoms with Gasteiger partial charge in [0.05, 0.1) is 23.4 Å². The van der Waals surface area contributed by atoms with Crippen LogP contribution in [-0.2, 0) is 29.1 Å². The van der Waals surface area contributed by atoms with Crippen LogP contribution >= 0.6 is 0 Å². The molecule has 4 aromatic rings. The standard InChI is InChI=1S/C34H41N5O5/c1-6-39-28-11-10-26(21-29(28)37(5)32(41)34(3,4)33(39)42)43-18-8-14-35-22-24-12-15-36-25(20-24)9-7-16-38-17-13-30-27(31(38)40)19-23(2)44-30/h10-13,15,17,19-21,35H,6-9,14,16,18,22H2,1-5H3. The van der Waals surface area contributed by atoms with Crippen LogP contribution in [0.15, 0.2) is 64.1 Å². The van der Waals surface area contributed by atoms with E-state index in [4.69, 9.17) is 9.15 Å². The van der Waals surface area contributed by atoms with Gasteiger partial charge in [0.15, 0.2) is 0 Å². The average Bonchev–Trinajstić information content (AvgIpc) is 3.39. The summed E-state index contributed by atoms with van der Waals surface area (Å²) in [6.45, 7) is 10.2. The van der Waals surface area contributed by atoms with E-state index in [2.05, 4.69) is 16.4 Å². The molecule has 10 nitrogen and oxygen atoms in total. The van der Waals surface area contributed by atoms with E-state index in [1.165, 1.54) is 0 Å². The number of anilines is 2. The summed E-state index contributed by atoms with van der Waals surface area (Å²) < 4.78 is 13.3. The Balaban J connectivity index is 1.07. The number of rotatable bonds is 12. The van der Waals surface area contributed by atoms with Gasteiger partial charge in [0.2, 0.25) is 11.8 Å². The first-order chi connectivity index (χ1) is 21.1. The van der Waals surface area contributed by atoms with E-state index in [0.29, 0.717) is 54.3 Å². The molecule has 232 valence electrons. The molecular formula is C34H41N5O5. The summed E-state index contributed by atoms with van der Waals surface area (Å²) in [6.07, 6.45) is 6.00. The van der Waals surface area contributed by atoms with Gasteiger partial charge in [-0.15, -0.1) is 0 Å². The van der Waals surface area contributed by atoms with Crippen LogP contribution in [0.3, 0.4) is 0 Å². The van der Waals surface area contributed by atoms with E-state index >= 15 is 0 Å². The highest BCUT2D eigenvalue weighted by molar-refractivity contribution is 6.20. The number of benzene rings is 1. The van der Waals surface area contributed by atoms with Gasteiger partial charge in [0.25, 0.3) is 5.56 Å². The van der Waals surface area contributed by atoms with Crippen molar-refractivity contribution in [3.05, 3.63) is 82.2 Å². The first kappa shape index (κ1) is 31.0. The molecule has 1 aliphatic heterocycles. The van der Waals surface area contributed by atoms with E-state index in [1.807, 2.05) is 50.4 Å². The highest BCUT2D eigenvalue weighted by Gasteiger charge is 2.45. The van der Waals surface area contributed by atoms with Crippen molar-refractivity contribution >= 4 is 34.2 Å². The molecule has 0 spiro atoms. The summed E-state index contributed by atoms with van der Waals surface area (Å²) in [5.74, 6) is 0.957. The van der Waals surface area contributed by atoms with Gasteiger partial charge in [0, 0.05) is 50.8 Å². The van der Waals surface area contributed by atoms with Crippen LogP contribution in [0.4, 0.5) is 11.4 Å². The lowest BCUT2D eigenvalue weighted by Gasteiger charge is -2.27. The molecule has 0 atom stereocenters. The molecule has 1 aromatic carbocycles. The maximum absolute atomic E-state index is 13.1. The number of aryl methyl sites for hydroxylation is 3. The third-order valence-electron chi connectivity index (χ3n) is 8.12. The van der Waals surface area contributed by atoms with Gasteiger partial charge in [-0.05, 0) is 95.5 Å². The number of hydrogen-bond donors (Lipinski definition) is 1. The lowest BCUT2D eigenvalue weighted by molar-refractivity contribution is -0.137. The van der Waals surface area contributed by atoms with Crippen molar-refractivity contribution in [2.45, 2.75) is 60.0 Å². The summed E-state index contributed by atoms with van der Waals surface area (Å²) in [4.78, 5) is 46.6. The number of carbonyl (C=O) groups is 2. The summed E-state index contributed by atoms with van der Waals surface area (Å²) in [7, 11) is 1.71. The quantitative estimate of drug-likeness (QED) is 0.183. The topological polar surface area (TPSA) is 110 Å². The van der Waals surface area contributed by atoms with Crippen molar-refractivity contribution in [2.24, 2.45) is 5.41 Å². The van der Waals surface area contributed by atoms with Crippen LogP contribution in [0.5, 0.6) is 5.75 Å². The minimum absolute atomic E-state index is 0.0255. The number of nitrogens with zero attached hydrogens (tertiary/aromatic N) is 4. The van der Waals surface area contributed by atoms with Gasteiger partial charge in [-0.25, -0.2) is 0 Å². The Kier molecular flexibility index (Phi) is 9.20. The molecule has 2 amide bonds. The van der Waals surface area contributed by atoms with Gasteiger partial charge in [0.1, 0.15) is 22.5 Å². The fourth-order valence-electron chi connectivity index (χ4n) is 5.68. The minimum Gasteiger partial charge on any atom is -0.493 e. The second kappa shape index (κ2) is 13.1. The zero-order valence-corrected chi connectivity index (χ0v) is 26.2. The largest absolute Gasteiger partial charge is 0.493 e. The number of furan rings is 1. The van der Waals surface area contributed by atoms with Crippen LogP contribution in [0, 0.1) is 12.3 Å². The van der Waals surface area contributed by atoms with Crippen molar-refractivity contribution < 1.29 is 18.7 Å². The molecule has 0 bridgehead atoms. The molecule has 0 aliphatic carbocycles. The third kappa shape index (κ3) is 6.40. The van der Waals surface area contributed by atoms with Crippen molar-refractivity contribution in [3.63, 3.8) is 0 Å². The molecule has 1 aliphatic rings. The van der Waals surface area contributed by atoms with Crippen LogP contribution in [-0.4, -0.2) is 48.1 Å². The summed E-state index contributed by atoms with van der Waals surface area (Å²) in [5.41, 5.74) is 3.00. The van der Waals surface area contributed by atoms with Gasteiger partial charge < -0.3 is 28.8 Å². The van der Waals surface area contributed by atoms with Gasteiger partial charge in [-0.1, -0.05) is 0 Å². The van der Waals surface area contributed by atoms with Gasteiger partial charge >= 0.3 is 0 Å². The molecule has 4 heterocycles. The summed E-state index contributed by atoms with van der Waals surface area (Å²) in [5, 5.41) is 4.08. The van der Waals surface area contributed by atoms with E-state index in [9.17, 15) is 14.4 Å². The number of aromatic nitrogens is 2. The molecule has 44 heavy (non-hydrogen) atoms. The first-order valence-electron chi connectivity index (χ1n) is 15.2. The Labute approximate surface area is 257 Å². The minimum atomic E-state index is -1.14. The number of hydrogen-bond acceptors (Lipinski definition) is 7. The molecule has 0 fully saturated rings. The van der Waals surface area contributed by atoms with Crippen molar-refractivity contribution in [2.75, 3.05) is 36.5 Å². The van der Waals surface area contributed by atoms with E-state index in [1.54, 1.807) is 47.5 Å². The second-order valence-corrected chi connectivity index (χ2v) is 11.8. The summed E-state index contributed by atoms with van der Waals surface area (Å²) >= 11 is 0. The highest BCUT2D eigenvalue weighted by atomic mass is 16.5. The van der Waals surface area contributed by atoms with E-state index < -0.39 is 5.41 Å². The maximum Gasteiger partial charge on any atom is 0.261 e. The molecule has 5 rings (SSSR count). The number of nitrogens with one attached hydrogen (secondary N) is 1. The number of fused-ring (bicyclic) bond motifs is 2. The van der Waals surface area contributed by atoms with Crippen LogP contribution in [0.2, 0.25) is 0 Å². The number of pyridine rings is 2. The monoisotopic (exact) mass is 599 g/mol. The fraction of sp³-hybridized carbons (Fsp3) is 0.412. The van der Waals surface area contributed by atoms with E-state index in [-0.39, 0.29) is 17.4 Å². The van der Waals surface area contributed by atoms with Crippen molar-refractivity contribution in [1.82, 2.24) is 14.9 Å². The van der Waals surface area contributed by atoms with Crippen LogP contribution in [0.25, 0.3) is 11.0 Å². The Morgan fingerprint density at radius 2 is 1.82 bits per heavy atom. The highest BCUT2D eigenvalue weighted by Crippen LogP contribution is 2.40. The molecule has 0 unspecified atom stereocenters. The fourth-order valence-corrected chi connectivity index (χ4v) is 5.68. The predicted octanol–water partition coefficient (Wildman–Crippen LogP) is 4.84. The molecule has 0 radical (unpaired) electrons. The van der Waals surface area contributed by atoms with Gasteiger partial charge in [-0.3, -0.25) is 19.4 Å². The first-order valence-corrected chi connectivity index (χ1v) is 15.2. The Hall–Kier alpha value is -4.44. The molecule has 10 heteroatoms. The number of amides is 2. The number of carbonyl (C=O) groups excluding carboxylic acids is 2. The second-order valence-electron chi connectivity index (χ2n) is 11.8. The number of ether oxygens (including phenoxy) is 1. The van der Waals surface area contributed by atoms with Crippen LogP contribution < -0.4 is 25.4 Å². The zero-order valence-electron chi connectivity index (χ0n) is 26.2. The zero-order chi connectivity index (χ0) is 31.4. The van der Waals surface area contributed by atoms with E-state index in [0.717, 1.165) is 42.8 Å². The molecular weight excluding hydrogens is 558 g/mol. The third-order valence-corrected chi connectivity index (χ3v) is 8.12. The molecule has 3 aromatic heterocycles. The normalized spacial score (nSPS) is 14.7. The smallest absolute Gasteiger partial charge is 0.261 e. The SMILES string of the molecule is CCN1C(=O)C(C)(C)C(=O)N(C)c2cc(OCCCNCc3ccnc(CCCn4ccc5oc(C)cc5c4=O)c3)ccc21. The predicted molar refractivity (Wildman–Crippen MR) is 171 cm³/mol. The van der Waals surface area contributed by atoms with Gasteiger partial charge in [-0.2, -0.15) is 0 Å². The Morgan fingerprint density at radius 3 is 2.61 bits per heavy atom. The Morgan fingerprint density at radius 1 is 1.00 bits per heavy atom. The lowest BCUT2D eigenvalue weighted by Crippen LogP contribution is -2.47. The van der Waals surface area contributed by atoms with Crippen molar-refractivity contribution in [3.8, 4) is 5.75 Å².